The molecule has 118 valence electrons. The largest absolute Gasteiger partial charge is 0.455 e. The molecule has 2 heterocycles. The second-order valence-electron chi connectivity index (χ2n) is 6.77. The number of rotatable bonds is 1. The molecule has 0 N–H and O–H groups in total. The Morgan fingerprint density at radius 3 is 2.26 bits per heavy atom. The third kappa shape index (κ3) is 2.41. The Hall–Kier alpha value is -1.94. The molecule has 0 atom stereocenters. The molecule has 4 heteroatoms. The van der Waals surface area contributed by atoms with Crippen molar-refractivity contribution < 1.29 is 13.9 Å². The van der Waals surface area contributed by atoms with E-state index in [9.17, 15) is 0 Å². The molecule has 0 unspecified atom stereocenters. The normalized spacial score (nSPS) is 13.7. The van der Waals surface area contributed by atoms with E-state index in [1.165, 1.54) is 5.56 Å². The summed E-state index contributed by atoms with van der Waals surface area (Å²) in [7, 11) is 0. The van der Waals surface area contributed by atoms with Gasteiger partial charge in [-0.1, -0.05) is 45.0 Å². The molecule has 1 aromatic heterocycles. The van der Waals surface area contributed by atoms with Gasteiger partial charge in [0.1, 0.15) is 11.3 Å². The van der Waals surface area contributed by atoms with E-state index in [-0.39, 0.29) is 12.2 Å². The first-order valence-corrected chi connectivity index (χ1v) is 8.35. The van der Waals surface area contributed by atoms with Gasteiger partial charge in [0, 0.05) is 17.0 Å². The van der Waals surface area contributed by atoms with Gasteiger partial charge >= 0.3 is 0 Å². The minimum atomic E-state index is 0.138. The van der Waals surface area contributed by atoms with E-state index in [0.717, 1.165) is 38.3 Å². The summed E-state index contributed by atoms with van der Waals surface area (Å²) < 4.78 is 17.9. The van der Waals surface area contributed by atoms with Gasteiger partial charge in [0.15, 0.2) is 11.5 Å². The number of fused-ring (bicyclic) bond motifs is 2. The molecule has 3 aromatic rings. The number of furan rings is 1. The van der Waals surface area contributed by atoms with Crippen LogP contribution in [0.3, 0.4) is 0 Å². The Labute approximate surface area is 143 Å². The summed E-state index contributed by atoms with van der Waals surface area (Å²) in [5.74, 6) is 2.31. The minimum absolute atomic E-state index is 0.138. The van der Waals surface area contributed by atoms with Gasteiger partial charge in [0.05, 0.1) is 4.47 Å². The Kier molecular flexibility index (Phi) is 3.20. The van der Waals surface area contributed by atoms with Crippen LogP contribution in [0.5, 0.6) is 11.5 Å². The van der Waals surface area contributed by atoms with Gasteiger partial charge < -0.3 is 13.9 Å². The highest BCUT2D eigenvalue weighted by Gasteiger charge is 2.21. The summed E-state index contributed by atoms with van der Waals surface area (Å²) in [4.78, 5) is 0. The van der Waals surface area contributed by atoms with E-state index in [4.69, 9.17) is 13.9 Å². The van der Waals surface area contributed by atoms with E-state index >= 15 is 0 Å². The van der Waals surface area contributed by atoms with E-state index in [1.54, 1.807) is 0 Å². The van der Waals surface area contributed by atoms with Crippen LogP contribution in [-0.2, 0) is 5.41 Å². The van der Waals surface area contributed by atoms with E-state index in [0.29, 0.717) is 0 Å². The monoisotopic (exact) mass is 372 g/mol. The molecule has 4 rings (SSSR count). The molecule has 1 aliphatic rings. The average Bonchev–Trinajstić information content (AvgIpc) is 3.09. The summed E-state index contributed by atoms with van der Waals surface area (Å²) in [6, 6.07) is 12.4. The number of halogens is 1. The lowest BCUT2D eigenvalue weighted by Crippen LogP contribution is -2.10. The van der Waals surface area contributed by atoms with Crippen molar-refractivity contribution in [3.8, 4) is 22.8 Å². The van der Waals surface area contributed by atoms with E-state index in [2.05, 4.69) is 61.0 Å². The van der Waals surface area contributed by atoms with E-state index < -0.39 is 0 Å². The van der Waals surface area contributed by atoms with Gasteiger partial charge in [-0.3, -0.25) is 0 Å². The molecule has 0 spiro atoms. The Balaban J connectivity index is 1.81. The highest BCUT2D eigenvalue weighted by molar-refractivity contribution is 9.10. The second-order valence-corrected chi connectivity index (χ2v) is 7.57. The van der Waals surface area contributed by atoms with Crippen molar-refractivity contribution in [1.29, 1.82) is 0 Å². The lowest BCUT2D eigenvalue weighted by Gasteiger charge is -2.18. The van der Waals surface area contributed by atoms with Gasteiger partial charge in [-0.25, -0.2) is 0 Å². The molecule has 1 aliphatic heterocycles. The zero-order chi connectivity index (χ0) is 16.2. The van der Waals surface area contributed by atoms with Crippen LogP contribution < -0.4 is 9.47 Å². The van der Waals surface area contributed by atoms with Gasteiger partial charge in [-0.15, -0.1) is 0 Å². The van der Waals surface area contributed by atoms with Crippen LogP contribution in [0.25, 0.3) is 22.3 Å². The molecule has 0 aliphatic carbocycles. The fraction of sp³-hybridized carbons (Fsp3) is 0.263. The average molecular weight is 373 g/mol. The third-order valence-electron chi connectivity index (χ3n) is 4.14. The zero-order valence-corrected chi connectivity index (χ0v) is 14.9. The third-order valence-corrected chi connectivity index (χ3v) is 4.92. The molecule has 0 saturated carbocycles. The van der Waals surface area contributed by atoms with Gasteiger partial charge in [0.2, 0.25) is 6.79 Å². The first-order valence-electron chi connectivity index (χ1n) is 7.56. The quantitative estimate of drug-likeness (QED) is 0.533. The Bertz CT molecular complexity index is 886. The van der Waals surface area contributed by atoms with Crippen molar-refractivity contribution in [2.24, 2.45) is 0 Å². The van der Waals surface area contributed by atoms with Crippen LogP contribution in [0.1, 0.15) is 26.3 Å². The summed E-state index contributed by atoms with van der Waals surface area (Å²) in [6.45, 7) is 6.89. The second kappa shape index (κ2) is 5.03. The number of hydrogen-bond acceptors (Lipinski definition) is 3. The van der Waals surface area contributed by atoms with Crippen LogP contribution in [0.2, 0.25) is 0 Å². The van der Waals surface area contributed by atoms with Gasteiger partial charge in [-0.05, 0) is 33.0 Å². The predicted molar refractivity (Wildman–Crippen MR) is 94.2 cm³/mol. The topological polar surface area (TPSA) is 31.6 Å². The number of ether oxygens (including phenoxy) is 2. The summed E-state index contributed by atoms with van der Waals surface area (Å²) in [6.07, 6.45) is 0. The first kappa shape index (κ1) is 14.6. The summed E-state index contributed by atoms with van der Waals surface area (Å²) in [5, 5.41) is 0.990. The van der Waals surface area contributed by atoms with Gasteiger partial charge in [0.25, 0.3) is 0 Å². The maximum atomic E-state index is 6.05. The maximum absolute atomic E-state index is 6.05. The number of hydrogen-bond donors (Lipinski definition) is 0. The summed E-state index contributed by atoms with van der Waals surface area (Å²) in [5.41, 5.74) is 3.27. The maximum Gasteiger partial charge on any atom is 0.231 e. The molecular weight excluding hydrogens is 356 g/mol. The van der Waals surface area contributed by atoms with Crippen molar-refractivity contribution in [2.75, 3.05) is 6.79 Å². The molecule has 2 aromatic carbocycles. The number of benzene rings is 2. The standard InChI is InChI=1S/C19H17BrO3/c1-19(2,3)12-6-4-11(5-7-12)18-17(20)13-8-15-16(22-10-21-15)9-14(13)23-18/h4-9H,10H2,1-3H3. The fourth-order valence-electron chi connectivity index (χ4n) is 2.76. The molecule has 0 saturated heterocycles. The zero-order valence-electron chi connectivity index (χ0n) is 13.3. The first-order chi connectivity index (χ1) is 10.9. The SMILES string of the molecule is CC(C)(C)c1ccc(-c2oc3cc4c(cc3c2Br)OCO4)cc1. The molecule has 0 fully saturated rings. The van der Waals surface area contributed by atoms with Crippen LogP contribution >= 0.6 is 15.9 Å². The Morgan fingerprint density at radius 1 is 0.957 bits per heavy atom. The predicted octanol–water partition coefficient (Wildman–Crippen LogP) is 5.89. The molecule has 23 heavy (non-hydrogen) atoms. The van der Waals surface area contributed by atoms with Crippen molar-refractivity contribution in [3.63, 3.8) is 0 Å². The highest BCUT2D eigenvalue weighted by Crippen LogP contribution is 2.44. The summed E-state index contributed by atoms with van der Waals surface area (Å²) >= 11 is 3.66. The van der Waals surface area contributed by atoms with Crippen LogP contribution in [-0.4, -0.2) is 6.79 Å². The lowest BCUT2D eigenvalue weighted by atomic mass is 9.86. The minimum Gasteiger partial charge on any atom is -0.455 e. The molecule has 0 radical (unpaired) electrons. The molecule has 3 nitrogen and oxygen atoms in total. The molecule has 0 bridgehead atoms. The lowest BCUT2D eigenvalue weighted by molar-refractivity contribution is 0.174. The van der Waals surface area contributed by atoms with Crippen LogP contribution in [0, 0.1) is 0 Å². The van der Waals surface area contributed by atoms with Crippen molar-refractivity contribution in [3.05, 3.63) is 46.4 Å². The molecular formula is C19H17BrO3. The van der Waals surface area contributed by atoms with Gasteiger partial charge in [-0.2, -0.15) is 0 Å². The smallest absolute Gasteiger partial charge is 0.231 e. The van der Waals surface area contributed by atoms with Crippen LogP contribution in [0.4, 0.5) is 0 Å². The Morgan fingerprint density at radius 2 is 1.61 bits per heavy atom. The highest BCUT2D eigenvalue weighted by atomic mass is 79.9. The van der Waals surface area contributed by atoms with Crippen molar-refractivity contribution >= 4 is 26.9 Å². The van der Waals surface area contributed by atoms with Crippen molar-refractivity contribution in [2.45, 2.75) is 26.2 Å². The van der Waals surface area contributed by atoms with E-state index in [1.807, 2.05) is 12.1 Å². The molecule has 0 amide bonds. The van der Waals surface area contributed by atoms with Crippen LogP contribution in [0.15, 0.2) is 45.3 Å². The fourth-order valence-corrected chi connectivity index (χ4v) is 3.38. The van der Waals surface area contributed by atoms with Crippen molar-refractivity contribution in [1.82, 2.24) is 0 Å².